The normalized spacial score (nSPS) is 16.5. The fourth-order valence-corrected chi connectivity index (χ4v) is 2.19. The molecule has 5 heteroatoms. The molecule has 0 radical (unpaired) electrons. The Balaban J connectivity index is 1.85. The predicted octanol–water partition coefficient (Wildman–Crippen LogP) is 1.83. The molecule has 2 aromatic heterocycles. The molecule has 0 amide bonds. The lowest BCUT2D eigenvalue weighted by molar-refractivity contribution is 0.0320. The Morgan fingerprint density at radius 1 is 1.41 bits per heavy atom. The van der Waals surface area contributed by atoms with Crippen molar-refractivity contribution < 1.29 is 9.53 Å². The van der Waals surface area contributed by atoms with Crippen LogP contribution in [-0.2, 0) is 4.74 Å². The van der Waals surface area contributed by atoms with Crippen LogP contribution in [0.5, 0.6) is 0 Å². The van der Waals surface area contributed by atoms with Gasteiger partial charge in [0.2, 0.25) is 0 Å². The summed E-state index contributed by atoms with van der Waals surface area (Å²) in [6.07, 6.45) is 9.21. The summed E-state index contributed by atoms with van der Waals surface area (Å²) >= 11 is 0. The summed E-state index contributed by atoms with van der Waals surface area (Å²) in [4.78, 5) is 16.1. The topological polar surface area (TPSA) is 56.5 Å². The molecule has 0 saturated heterocycles. The van der Waals surface area contributed by atoms with Gasteiger partial charge in [-0.2, -0.15) is 5.10 Å². The molecule has 17 heavy (non-hydrogen) atoms. The summed E-state index contributed by atoms with van der Waals surface area (Å²) in [6.45, 7) is 0. The Kier molecular flexibility index (Phi) is 2.51. The maximum absolute atomic E-state index is 12.0. The van der Waals surface area contributed by atoms with Crippen LogP contribution >= 0.6 is 0 Å². The van der Waals surface area contributed by atoms with Crippen LogP contribution in [-0.4, -0.2) is 26.7 Å². The van der Waals surface area contributed by atoms with Gasteiger partial charge in [-0.3, -0.25) is 0 Å². The molecule has 1 saturated carbocycles. The molecule has 1 fully saturated rings. The third-order valence-electron chi connectivity index (χ3n) is 3.08. The summed E-state index contributed by atoms with van der Waals surface area (Å²) < 4.78 is 7.01. The average Bonchev–Trinajstić information content (AvgIpc) is 2.96. The molecule has 1 aliphatic rings. The summed E-state index contributed by atoms with van der Waals surface area (Å²) in [5, 5.41) is 4.07. The second-order valence-electron chi connectivity index (χ2n) is 4.26. The minimum Gasteiger partial charge on any atom is -0.459 e. The number of hydrogen-bond donors (Lipinski definition) is 0. The van der Waals surface area contributed by atoms with E-state index in [2.05, 4.69) is 10.1 Å². The first-order valence-electron chi connectivity index (χ1n) is 5.84. The van der Waals surface area contributed by atoms with Crippen molar-refractivity contribution in [1.82, 2.24) is 14.6 Å². The van der Waals surface area contributed by atoms with E-state index in [0.29, 0.717) is 11.2 Å². The molecule has 5 nitrogen and oxygen atoms in total. The van der Waals surface area contributed by atoms with E-state index in [0.717, 1.165) is 25.7 Å². The van der Waals surface area contributed by atoms with E-state index in [9.17, 15) is 4.79 Å². The molecule has 0 aliphatic heterocycles. The molecule has 0 unspecified atom stereocenters. The average molecular weight is 231 g/mol. The Bertz CT molecular complexity index is 543. The molecule has 2 heterocycles. The number of aromatic nitrogens is 3. The zero-order valence-electron chi connectivity index (χ0n) is 9.37. The Labute approximate surface area is 98.4 Å². The van der Waals surface area contributed by atoms with Gasteiger partial charge in [0.15, 0.2) is 5.65 Å². The van der Waals surface area contributed by atoms with E-state index in [4.69, 9.17) is 4.74 Å². The zero-order chi connectivity index (χ0) is 11.7. The Hall–Kier alpha value is -1.91. The third kappa shape index (κ3) is 1.88. The smallest absolute Gasteiger partial charge is 0.343 e. The third-order valence-corrected chi connectivity index (χ3v) is 3.08. The van der Waals surface area contributed by atoms with Crippen molar-refractivity contribution in [1.29, 1.82) is 0 Å². The van der Waals surface area contributed by atoms with Crippen LogP contribution in [0.3, 0.4) is 0 Å². The van der Waals surface area contributed by atoms with Gasteiger partial charge in [-0.05, 0) is 31.7 Å². The van der Waals surface area contributed by atoms with Gasteiger partial charge in [0.1, 0.15) is 11.7 Å². The number of ether oxygens (including phenoxy) is 1. The van der Waals surface area contributed by atoms with E-state index in [1.165, 1.54) is 6.20 Å². The highest BCUT2D eigenvalue weighted by Gasteiger charge is 2.22. The monoisotopic (exact) mass is 231 g/mol. The summed E-state index contributed by atoms with van der Waals surface area (Å²) in [6, 6.07) is 1.77. The number of hydrogen-bond acceptors (Lipinski definition) is 4. The van der Waals surface area contributed by atoms with Crippen LogP contribution in [0.4, 0.5) is 0 Å². The Morgan fingerprint density at radius 3 is 3.06 bits per heavy atom. The van der Waals surface area contributed by atoms with Crippen molar-refractivity contribution in [3.05, 3.63) is 30.2 Å². The lowest BCUT2D eigenvalue weighted by Crippen LogP contribution is -2.14. The highest BCUT2D eigenvalue weighted by molar-refractivity contribution is 5.95. The maximum Gasteiger partial charge on any atom is 0.343 e. The van der Waals surface area contributed by atoms with Crippen molar-refractivity contribution in [2.75, 3.05) is 0 Å². The number of carbonyl (C=O) groups excluding carboxylic acids is 1. The minimum absolute atomic E-state index is 0.0705. The molecule has 0 bridgehead atoms. The lowest BCUT2D eigenvalue weighted by atomic mass is 10.3. The van der Waals surface area contributed by atoms with Crippen molar-refractivity contribution in [3.8, 4) is 0 Å². The summed E-state index contributed by atoms with van der Waals surface area (Å²) in [5.41, 5.74) is 0.994. The fourth-order valence-electron chi connectivity index (χ4n) is 2.19. The first kappa shape index (κ1) is 10.3. The highest BCUT2D eigenvalue weighted by atomic mass is 16.5. The number of esters is 1. The van der Waals surface area contributed by atoms with Crippen LogP contribution in [0.15, 0.2) is 24.7 Å². The van der Waals surface area contributed by atoms with Crippen molar-refractivity contribution >= 4 is 11.6 Å². The molecular weight excluding hydrogens is 218 g/mol. The van der Waals surface area contributed by atoms with Crippen LogP contribution in [0, 0.1) is 0 Å². The van der Waals surface area contributed by atoms with Crippen molar-refractivity contribution in [2.24, 2.45) is 0 Å². The summed E-state index contributed by atoms with van der Waals surface area (Å²) in [5.74, 6) is -0.314. The molecule has 0 spiro atoms. The van der Waals surface area contributed by atoms with Crippen LogP contribution in [0.25, 0.3) is 5.65 Å². The standard InChI is InChI=1S/C12H13N3O2/c16-12(17-9-4-1-2-5-9)10-8-14-15-7-3-6-13-11(10)15/h3,6-9H,1-2,4-5H2. The molecular formula is C12H13N3O2. The molecule has 88 valence electrons. The van der Waals surface area contributed by atoms with E-state index in [-0.39, 0.29) is 12.1 Å². The van der Waals surface area contributed by atoms with Gasteiger partial charge in [-0.25, -0.2) is 14.3 Å². The van der Waals surface area contributed by atoms with Crippen LogP contribution < -0.4 is 0 Å². The highest BCUT2D eigenvalue weighted by Crippen LogP contribution is 2.22. The molecule has 0 atom stereocenters. The van der Waals surface area contributed by atoms with E-state index >= 15 is 0 Å². The second-order valence-corrected chi connectivity index (χ2v) is 4.26. The first-order valence-corrected chi connectivity index (χ1v) is 5.84. The quantitative estimate of drug-likeness (QED) is 0.740. The van der Waals surface area contributed by atoms with Crippen molar-refractivity contribution in [2.45, 2.75) is 31.8 Å². The van der Waals surface area contributed by atoms with E-state index in [1.807, 2.05) is 0 Å². The number of nitrogens with zero attached hydrogens (tertiary/aromatic N) is 3. The Morgan fingerprint density at radius 2 is 2.24 bits per heavy atom. The predicted molar refractivity (Wildman–Crippen MR) is 60.7 cm³/mol. The van der Waals surface area contributed by atoms with Crippen LogP contribution in [0.2, 0.25) is 0 Å². The molecule has 0 aromatic carbocycles. The minimum atomic E-state index is -0.314. The van der Waals surface area contributed by atoms with Crippen molar-refractivity contribution in [3.63, 3.8) is 0 Å². The van der Waals surface area contributed by atoms with Gasteiger partial charge >= 0.3 is 5.97 Å². The maximum atomic E-state index is 12.0. The van der Waals surface area contributed by atoms with E-state index in [1.54, 1.807) is 23.0 Å². The molecule has 1 aliphatic carbocycles. The van der Waals surface area contributed by atoms with Gasteiger partial charge in [0.25, 0.3) is 0 Å². The van der Waals surface area contributed by atoms with Crippen LogP contribution in [0.1, 0.15) is 36.0 Å². The molecule has 3 rings (SSSR count). The molecule has 0 N–H and O–H groups in total. The van der Waals surface area contributed by atoms with Gasteiger partial charge in [0.05, 0.1) is 6.20 Å². The largest absolute Gasteiger partial charge is 0.459 e. The number of rotatable bonds is 2. The SMILES string of the molecule is O=C(OC1CCCC1)c1cnn2cccnc12. The number of fused-ring (bicyclic) bond motifs is 1. The van der Waals surface area contributed by atoms with Gasteiger partial charge < -0.3 is 4.74 Å². The van der Waals surface area contributed by atoms with Gasteiger partial charge in [0, 0.05) is 12.4 Å². The molecule has 2 aromatic rings. The zero-order valence-corrected chi connectivity index (χ0v) is 9.37. The number of carbonyl (C=O) groups is 1. The van der Waals surface area contributed by atoms with E-state index < -0.39 is 0 Å². The fraction of sp³-hybridized carbons (Fsp3) is 0.417. The first-order chi connectivity index (χ1) is 8.34. The van der Waals surface area contributed by atoms with Gasteiger partial charge in [-0.1, -0.05) is 0 Å². The lowest BCUT2D eigenvalue weighted by Gasteiger charge is -2.09. The van der Waals surface area contributed by atoms with Gasteiger partial charge in [-0.15, -0.1) is 0 Å². The second kappa shape index (κ2) is 4.16. The summed E-state index contributed by atoms with van der Waals surface area (Å²) in [7, 11) is 0.